The van der Waals surface area contributed by atoms with Gasteiger partial charge in [0.05, 0.1) is 6.21 Å². The summed E-state index contributed by atoms with van der Waals surface area (Å²) in [5.41, 5.74) is 4.58. The number of amides is 1. The van der Waals surface area contributed by atoms with Crippen molar-refractivity contribution < 1.29 is 13.9 Å². The molecule has 156 valence electrons. The van der Waals surface area contributed by atoms with Crippen LogP contribution in [0.15, 0.2) is 80.7 Å². The Labute approximate surface area is 196 Å². The fourth-order valence-corrected chi connectivity index (χ4v) is 3.61. The number of nitrogens with zero attached hydrogens (tertiary/aromatic N) is 1. The molecule has 1 heterocycles. The number of fused-ring (bicyclic) bond motifs is 1. The Kier molecular flexibility index (Phi) is 6.61. The van der Waals surface area contributed by atoms with E-state index in [-0.39, 0.29) is 5.76 Å². The second-order valence-corrected chi connectivity index (χ2v) is 8.31. The monoisotopic (exact) mass is 516 g/mol. The van der Waals surface area contributed by atoms with Gasteiger partial charge < -0.3 is 9.15 Å². The van der Waals surface area contributed by atoms with Gasteiger partial charge in [-0.2, -0.15) is 5.10 Å². The summed E-state index contributed by atoms with van der Waals surface area (Å²) < 4.78 is 12.3. The Morgan fingerprint density at radius 2 is 1.94 bits per heavy atom. The molecule has 1 N–H and O–H groups in total. The lowest BCUT2D eigenvalue weighted by Gasteiger charge is -2.10. The van der Waals surface area contributed by atoms with Crippen LogP contribution in [-0.4, -0.2) is 12.1 Å². The number of hydrogen-bond donors (Lipinski definition) is 1. The van der Waals surface area contributed by atoms with Crippen LogP contribution in [0, 0.1) is 0 Å². The molecule has 0 bridgehead atoms. The Morgan fingerprint density at radius 1 is 1.10 bits per heavy atom. The van der Waals surface area contributed by atoms with Crippen molar-refractivity contribution >= 4 is 62.2 Å². The van der Waals surface area contributed by atoms with Crippen LogP contribution in [0.3, 0.4) is 0 Å². The number of carbonyl (C=O) groups is 1. The first kappa shape index (κ1) is 21.4. The maximum Gasteiger partial charge on any atom is 0.307 e. The number of carbonyl (C=O) groups excluding carboxylic acids is 1. The third-order valence-electron chi connectivity index (χ3n) is 4.38. The minimum absolute atomic E-state index is 0.138. The van der Waals surface area contributed by atoms with Gasteiger partial charge in [0.25, 0.3) is 0 Å². The van der Waals surface area contributed by atoms with Gasteiger partial charge in [0.2, 0.25) is 0 Å². The molecule has 0 saturated heterocycles. The molecule has 0 radical (unpaired) electrons. The van der Waals surface area contributed by atoms with Crippen molar-refractivity contribution in [2.45, 2.75) is 6.61 Å². The standard InChI is InChI=1S/C23H15BrCl2N2O3/c24-17-5-7-20(30-13-14-3-1-2-4-19(14)26)16(9-17)12-27-28-23(29)22-11-15-10-18(25)6-8-21(15)31-22/h1-12H,13H2,(H,28,29)/b27-12+. The van der Waals surface area contributed by atoms with Crippen molar-refractivity contribution in [3.05, 3.63) is 98.1 Å². The van der Waals surface area contributed by atoms with E-state index >= 15 is 0 Å². The summed E-state index contributed by atoms with van der Waals surface area (Å²) >= 11 is 15.6. The molecule has 0 spiro atoms. The summed E-state index contributed by atoms with van der Waals surface area (Å²) in [6.07, 6.45) is 1.50. The normalized spacial score (nSPS) is 11.2. The minimum Gasteiger partial charge on any atom is -0.488 e. The SMILES string of the molecule is O=C(N/N=C/c1cc(Br)ccc1OCc1ccccc1Cl)c1cc2cc(Cl)ccc2o1. The molecule has 3 aromatic carbocycles. The number of benzene rings is 3. The zero-order chi connectivity index (χ0) is 21.8. The minimum atomic E-state index is -0.475. The summed E-state index contributed by atoms with van der Waals surface area (Å²) in [5, 5.41) is 5.98. The molecule has 1 aromatic heterocycles. The van der Waals surface area contributed by atoms with Gasteiger partial charge >= 0.3 is 5.91 Å². The average molecular weight is 518 g/mol. The highest BCUT2D eigenvalue weighted by Crippen LogP contribution is 2.25. The zero-order valence-electron chi connectivity index (χ0n) is 15.9. The van der Waals surface area contributed by atoms with Gasteiger partial charge in [-0.1, -0.05) is 57.3 Å². The Balaban J connectivity index is 1.47. The van der Waals surface area contributed by atoms with Gasteiger partial charge in [-0.05, 0) is 48.5 Å². The van der Waals surface area contributed by atoms with Crippen LogP contribution in [-0.2, 0) is 6.61 Å². The van der Waals surface area contributed by atoms with Crippen LogP contribution >= 0.6 is 39.1 Å². The van der Waals surface area contributed by atoms with Crippen molar-refractivity contribution in [1.82, 2.24) is 5.43 Å². The molecule has 0 aliphatic rings. The van der Waals surface area contributed by atoms with E-state index in [4.69, 9.17) is 32.4 Å². The summed E-state index contributed by atoms with van der Waals surface area (Å²) in [7, 11) is 0. The van der Waals surface area contributed by atoms with Crippen molar-refractivity contribution in [3.63, 3.8) is 0 Å². The lowest BCUT2D eigenvalue weighted by atomic mass is 10.2. The third kappa shape index (κ3) is 5.28. The van der Waals surface area contributed by atoms with Crippen LogP contribution in [0.2, 0.25) is 10.0 Å². The number of nitrogens with one attached hydrogen (secondary N) is 1. The van der Waals surface area contributed by atoms with E-state index in [2.05, 4.69) is 26.5 Å². The second kappa shape index (κ2) is 9.56. The average Bonchev–Trinajstić information content (AvgIpc) is 3.17. The molecule has 0 saturated carbocycles. The maximum atomic E-state index is 12.4. The second-order valence-electron chi connectivity index (χ2n) is 6.55. The number of hydrogen-bond acceptors (Lipinski definition) is 4. The number of halogens is 3. The molecule has 0 aliphatic heterocycles. The number of rotatable bonds is 6. The van der Waals surface area contributed by atoms with Crippen LogP contribution in [0.25, 0.3) is 11.0 Å². The van der Waals surface area contributed by atoms with Crippen molar-refractivity contribution in [3.8, 4) is 5.75 Å². The third-order valence-corrected chi connectivity index (χ3v) is 5.48. The summed E-state index contributed by atoms with van der Waals surface area (Å²) in [4.78, 5) is 12.4. The molecular formula is C23H15BrCl2N2O3. The van der Waals surface area contributed by atoms with Crippen LogP contribution in [0.1, 0.15) is 21.7 Å². The first-order chi connectivity index (χ1) is 15.0. The fraction of sp³-hybridized carbons (Fsp3) is 0.0435. The quantitative estimate of drug-likeness (QED) is 0.225. The first-order valence-electron chi connectivity index (χ1n) is 9.18. The molecule has 4 aromatic rings. The molecule has 0 unspecified atom stereocenters. The predicted octanol–water partition coefficient (Wildman–Crippen LogP) is 6.85. The van der Waals surface area contributed by atoms with E-state index < -0.39 is 5.91 Å². The molecule has 0 atom stereocenters. The number of furan rings is 1. The van der Waals surface area contributed by atoms with Gasteiger partial charge in [0.1, 0.15) is 17.9 Å². The van der Waals surface area contributed by atoms with Gasteiger partial charge in [-0.3, -0.25) is 4.79 Å². The van der Waals surface area contributed by atoms with E-state index in [9.17, 15) is 4.79 Å². The molecule has 0 aliphatic carbocycles. The van der Waals surface area contributed by atoms with Gasteiger partial charge in [0.15, 0.2) is 5.76 Å². The van der Waals surface area contributed by atoms with Gasteiger partial charge in [-0.15, -0.1) is 0 Å². The van der Waals surface area contributed by atoms with Crippen molar-refractivity contribution in [2.24, 2.45) is 5.10 Å². The maximum absolute atomic E-state index is 12.4. The van der Waals surface area contributed by atoms with E-state index in [1.807, 2.05) is 42.5 Å². The van der Waals surface area contributed by atoms with Crippen LogP contribution in [0.5, 0.6) is 5.75 Å². The Morgan fingerprint density at radius 3 is 2.77 bits per heavy atom. The topological polar surface area (TPSA) is 63.8 Å². The summed E-state index contributed by atoms with van der Waals surface area (Å²) in [6.45, 7) is 0.302. The highest BCUT2D eigenvalue weighted by atomic mass is 79.9. The lowest BCUT2D eigenvalue weighted by Crippen LogP contribution is -2.16. The van der Waals surface area contributed by atoms with E-state index in [1.54, 1.807) is 24.3 Å². The molecule has 0 fully saturated rings. The van der Waals surface area contributed by atoms with E-state index in [0.717, 1.165) is 15.4 Å². The smallest absolute Gasteiger partial charge is 0.307 e. The van der Waals surface area contributed by atoms with Gasteiger partial charge in [-0.25, -0.2) is 5.43 Å². The van der Waals surface area contributed by atoms with Crippen molar-refractivity contribution in [2.75, 3.05) is 0 Å². The highest BCUT2D eigenvalue weighted by Gasteiger charge is 2.12. The molecule has 31 heavy (non-hydrogen) atoms. The van der Waals surface area contributed by atoms with Crippen LogP contribution < -0.4 is 10.2 Å². The largest absolute Gasteiger partial charge is 0.488 e. The predicted molar refractivity (Wildman–Crippen MR) is 126 cm³/mol. The molecule has 4 rings (SSSR count). The first-order valence-corrected chi connectivity index (χ1v) is 10.7. The molecule has 1 amide bonds. The summed E-state index contributed by atoms with van der Waals surface area (Å²) in [5.74, 6) is 0.260. The molecule has 5 nitrogen and oxygen atoms in total. The fourth-order valence-electron chi connectivity index (χ4n) is 2.86. The number of ether oxygens (including phenoxy) is 1. The van der Waals surface area contributed by atoms with E-state index in [1.165, 1.54) is 6.21 Å². The highest BCUT2D eigenvalue weighted by molar-refractivity contribution is 9.10. The molecular weight excluding hydrogens is 503 g/mol. The summed E-state index contributed by atoms with van der Waals surface area (Å²) in [6, 6.07) is 19.7. The van der Waals surface area contributed by atoms with Crippen LogP contribution in [0.4, 0.5) is 0 Å². The number of hydrazone groups is 1. The van der Waals surface area contributed by atoms with E-state index in [0.29, 0.717) is 33.5 Å². The Hall–Kier alpha value is -2.80. The van der Waals surface area contributed by atoms with Crippen molar-refractivity contribution in [1.29, 1.82) is 0 Å². The van der Waals surface area contributed by atoms with Gasteiger partial charge in [0, 0.05) is 31.0 Å². The zero-order valence-corrected chi connectivity index (χ0v) is 19.0. The lowest BCUT2D eigenvalue weighted by molar-refractivity contribution is 0.0929. The molecule has 8 heteroatoms. The Bertz CT molecular complexity index is 1290.